The molecule has 2 aromatic rings. The zero-order chi connectivity index (χ0) is 14.7. The van der Waals surface area contributed by atoms with Crippen molar-refractivity contribution in [3.63, 3.8) is 0 Å². The number of nitrogens with one attached hydrogen (secondary N) is 1. The highest BCUT2D eigenvalue weighted by molar-refractivity contribution is 9.10. The fraction of sp³-hybridized carbons (Fsp3) is 0. The van der Waals surface area contributed by atoms with Crippen LogP contribution in [0.4, 0.5) is 14.5 Å². The number of hydrogen-bond acceptors (Lipinski definition) is 2. The lowest BCUT2D eigenvalue weighted by Crippen LogP contribution is -2.13. The van der Waals surface area contributed by atoms with E-state index in [1.54, 1.807) is 6.07 Å². The van der Waals surface area contributed by atoms with E-state index in [1.807, 2.05) is 0 Å². The standard InChI is InChI=1S/C14H7BrF2N2O/c15-10-4-9(5-11(16)6-10)14(20)19-13-2-1-8(7-18)3-12(13)17/h1-6H,(H,19,20). The average molecular weight is 337 g/mol. The molecule has 0 spiro atoms. The second-order valence-corrected chi connectivity index (χ2v) is 4.83. The van der Waals surface area contributed by atoms with Crippen molar-refractivity contribution < 1.29 is 13.6 Å². The summed E-state index contributed by atoms with van der Waals surface area (Å²) in [5, 5.41) is 10.9. The maximum Gasteiger partial charge on any atom is 0.255 e. The molecule has 0 bridgehead atoms. The van der Waals surface area contributed by atoms with Crippen molar-refractivity contribution in [1.29, 1.82) is 5.26 Å². The summed E-state index contributed by atoms with van der Waals surface area (Å²) in [6.07, 6.45) is 0. The van der Waals surface area contributed by atoms with Crippen LogP contribution in [0.5, 0.6) is 0 Å². The smallest absolute Gasteiger partial charge is 0.255 e. The minimum absolute atomic E-state index is 0.0561. The van der Waals surface area contributed by atoms with Gasteiger partial charge in [-0.05, 0) is 36.4 Å². The predicted molar refractivity (Wildman–Crippen MR) is 73.2 cm³/mol. The molecule has 2 aromatic carbocycles. The minimum atomic E-state index is -0.729. The second kappa shape index (κ2) is 5.80. The molecule has 2 rings (SSSR count). The first-order chi connectivity index (χ1) is 9.49. The van der Waals surface area contributed by atoms with Gasteiger partial charge in [0.05, 0.1) is 17.3 Å². The Balaban J connectivity index is 2.26. The number of nitrogens with zero attached hydrogens (tertiary/aromatic N) is 1. The molecule has 0 aliphatic rings. The molecule has 1 N–H and O–H groups in total. The van der Waals surface area contributed by atoms with Gasteiger partial charge in [-0.3, -0.25) is 4.79 Å². The zero-order valence-corrected chi connectivity index (χ0v) is 11.5. The second-order valence-electron chi connectivity index (χ2n) is 3.92. The van der Waals surface area contributed by atoms with E-state index < -0.39 is 17.5 Å². The molecule has 0 aliphatic heterocycles. The van der Waals surface area contributed by atoms with Crippen LogP contribution in [0.25, 0.3) is 0 Å². The third-order valence-electron chi connectivity index (χ3n) is 2.47. The highest BCUT2D eigenvalue weighted by Crippen LogP contribution is 2.19. The lowest BCUT2D eigenvalue weighted by atomic mass is 10.2. The van der Waals surface area contributed by atoms with Crippen LogP contribution in [0.2, 0.25) is 0 Å². The molecule has 0 atom stereocenters. The zero-order valence-electron chi connectivity index (χ0n) is 9.95. The van der Waals surface area contributed by atoms with Crippen LogP contribution in [0.1, 0.15) is 15.9 Å². The molecule has 0 saturated heterocycles. The summed E-state index contributed by atoms with van der Waals surface area (Å²) >= 11 is 3.07. The predicted octanol–water partition coefficient (Wildman–Crippen LogP) is 3.85. The number of amides is 1. The van der Waals surface area contributed by atoms with Crippen LogP contribution in [0.15, 0.2) is 40.9 Å². The fourth-order valence-corrected chi connectivity index (χ4v) is 2.03. The van der Waals surface area contributed by atoms with Crippen molar-refractivity contribution in [2.75, 3.05) is 5.32 Å². The fourth-order valence-electron chi connectivity index (χ4n) is 1.57. The topological polar surface area (TPSA) is 52.9 Å². The summed E-state index contributed by atoms with van der Waals surface area (Å²) in [5.74, 6) is -1.95. The Morgan fingerprint density at radius 1 is 1.20 bits per heavy atom. The molecule has 0 aromatic heterocycles. The van der Waals surface area contributed by atoms with Crippen molar-refractivity contribution in [2.24, 2.45) is 0 Å². The van der Waals surface area contributed by atoms with Gasteiger partial charge in [0.25, 0.3) is 5.91 Å². The molecule has 20 heavy (non-hydrogen) atoms. The number of nitriles is 1. The summed E-state index contributed by atoms with van der Waals surface area (Å²) < 4.78 is 27.2. The van der Waals surface area contributed by atoms with Crippen molar-refractivity contribution in [3.05, 3.63) is 63.6 Å². The maximum atomic E-state index is 13.6. The summed E-state index contributed by atoms with van der Waals surface area (Å²) in [6, 6.07) is 9.12. The maximum absolute atomic E-state index is 13.6. The first kappa shape index (κ1) is 14.2. The van der Waals surface area contributed by atoms with Gasteiger partial charge in [-0.25, -0.2) is 8.78 Å². The molecule has 0 fully saturated rings. The number of carbonyl (C=O) groups excluding carboxylic acids is 1. The molecule has 1 amide bonds. The van der Waals surface area contributed by atoms with Crippen LogP contribution in [0, 0.1) is 23.0 Å². The van der Waals surface area contributed by atoms with Gasteiger partial charge in [0.15, 0.2) is 0 Å². The number of hydrogen-bond donors (Lipinski definition) is 1. The van der Waals surface area contributed by atoms with Gasteiger partial charge in [0, 0.05) is 10.0 Å². The highest BCUT2D eigenvalue weighted by Gasteiger charge is 2.11. The molecule has 6 heteroatoms. The van der Waals surface area contributed by atoms with Crippen molar-refractivity contribution in [2.45, 2.75) is 0 Å². The molecule has 100 valence electrons. The first-order valence-electron chi connectivity index (χ1n) is 5.46. The summed E-state index contributed by atoms with van der Waals surface area (Å²) in [6.45, 7) is 0. The molecule has 0 unspecified atom stereocenters. The van der Waals surface area contributed by atoms with Crippen molar-refractivity contribution in [3.8, 4) is 6.07 Å². The Bertz CT molecular complexity index is 705. The Labute approximate surface area is 122 Å². The van der Waals surface area contributed by atoms with Crippen LogP contribution < -0.4 is 5.32 Å². The quantitative estimate of drug-likeness (QED) is 0.905. The monoisotopic (exact) mass is 336 g/mol. The van der Waals surface area contributed by atoms with Gasteiger partial charge in [0.2, 0.25) is 0 Å². The molecule has 3 nitrogen and oxygen atoms in total. The number of rotatable bonds is 2. The van der Waals surface area contributed by atoms with Gasteiger partial charge < -0.3 is 5.32 Å². The lowest BCUT2D eigenvalue weighted by Gasteiger charge is -2.07. The van der Waals surface area contributed by atoms with E-state index in [0.717, 1.165) is 12.1 Å². The van der Waals surface area contributed by atoms with E-state index in [4.69, 9.17) is 5.26 Å². The number of anilines is 1. The lowest BCUT2D eigenvalue weighted by molar-refractivity contribution is 0.102. The van der Waals surface area contributed by atoms with E-state index in [-0.39, 0.29) is 16.8 Å². The summed E-state index contributed by atoms with van der Waals surface area (Å²) in [5.41, 5.74) is 0.129. The van der Waals surface area contributed by atoms with Gasteiger partial charge in [-0.2, -0.15) is 5.26 Å². The van der Waals surface area contributed by atoms with Crippen LogP contribution >= 0.6 is 15.9 Å². The Hall–Kier alpha value is -2.26. The molecule has 0 saturated carbocycles. The van der Waals surface area contributed by atoms with Gasteiger partial charge in [-0.1, -0.05) is 15.9 Å². The average Bonchev–Trinajstić information content (AvgIpc) is 2.39. The molecule has 0 aliphatic carbocycles. The minimum Gasteiger partial charge on any atom is -0.319 e. The van der Waals surface area contributed by atoms with E-state index in [0.29, 0.717) is 4.47 Å². The normalized spacial score (nSPS) is 9.90. The van der Waals surface area contributed by atoms with Gasteiger partial charge in [-0.15, -0.1) is 0 Å². The summed E-state index contributed by atoms with van der Waals surface area (Å²) in [7, 11) is 0. The summed E-state index contributed by atoms with van der Waals surface area (Å²) in [4.78, 5) is 11.9. The Morgan fingerprint density at radius 3 is 2.55 bits per heavy atom. The SMILES string of the molecule is N#Cc1ccc(NC(=O)c2cc(F)cc(Br)c2)c(F)c1. The third-order valence-corrected chi connectivity index (χ3v) is 2.93. The van der Waals surface area contributed by atoms with E-state index in [2.05, 4.69) is 21.2 Å². The highest BCUT2D eigenvalue weighted by atomic mass is 79.9. The molecular weight excluding hydrogens is 330 g/mol. The molecule has 0 heterocycles. The number of halogens is 3. The Kier molecular flexibility index (Phi) is 4.11. The van der Waals surface area contributed by atoms with Crippen molar-refractivity contribution >= 4 is 27.5 Å². The van der Waals surface area contributed by atoms with Crippen LogP contribution in [0.3, 0.4) is 0 Å². The Morgan fingerprint density at radius 2 is 1.95 bits per heavy atom. The third kappa shape index (κ3) is 3.19. The van der Waals surface area contributed by atoms with Crippen LogP contribution in [-0.4, -0.2) is 5.91 Å². The van der Waals surface area contributed by atoms with E-state index in [9.17, 15) is 13.6 Å². The van der Waals surface area contributed by atoms with Crippen molar-refractivity contribution in [1.82, 2.24) is 0 Å². The molecular formula is C14H7BrF2N2O. The van der Waals surface area contributed by atoms with E-state index >= 15 is 0 Å². The largest absolute Gasteiger partial charge is 0.319 e. The molecule has 0 radical (unpaired) electrons. The number of carbonyl (C=O) groups is 1. The number of benzene rings is 2. The van der Waals surface area contributed by atoms with Gasteiger partial charge >= 0.3 is 0 Å². The van der Waals surface area contributed by atoms with Gasteiger partial charge in [0.1, 0.15) is 11.6 Å². The first-order valence-corrected chi connectivity index (χ1v) is 6.26. The van der Waals surface area contributed by atoms with E-state index in [1.165, 1.54) is 24.3 Å². The van der Waals surface area contributed by atoms with Crippen LogP contribution in [-0.2, 0) is 0 Å².